The molecule has 3 nitrogen and oxygen atoms in total. The lowest BCUT2D eigenvalue weighted by Gasteiger charge is -2.09. The van der Waals surface area contributed by atoms with Crippen molar-refractivity contribution in [3.8, 4) is 0 Å². The maximum Gasteiger partial charge on any atom is 0.161 e. The summed E-state index contributed by atoms with van der Waals surface area (Å²) in [4.78, 5) is 10.5. The number of hydrogen-bond acceptors (Lipinski definition) is 4. The van der Waals surface area contributed by atoms with Crippen molar-refractivity contribution in [2.75, 3.05) is 6.26 Å². The molecule has 0 aromatic carbocycles. The molecule has 64 valence electrons. The second-order valence-corrected chi connectivity index (χ2v) is 2.85. The van der Waals surface area contributed by atoms with Gasteiger partial charge < -0.3 is 10.2 Å². The number of ketones is 1. The lowest BCUT2D eigenvalue weighted by Crippen LogP contribution is -2.30. The Labute approximate surface area is 70.1 Å². The normalized spacial score (nSPS) is 16.7. The number of thioether (sulfide) groups is 1. The molecule has 2 N–H and O–H groups in total. The van der Waals surface area contributed by atoms with Gasteiger partial charge in [-0.15, -0.1) is 11.8 Å². The lowest BCUT2D eigenvalue weighted by molar-refractivity contribution is -0.128. The number of Topliss-reactive ketones (excluding diaryl/α,β-unsaturated/α-hetero) is 1. The Kier molecular flexibility index (Phi) is 5.19. The first kappa shape index (κ1) is 10.7. The maximum atomic E-state index is 10.5. The molecule has 0 saturated carbocycles. The van der Waals surface area contributed by atoms with Crippen LogP contribution >= 0.6 is 11.8 Å². The minimum absolute atomic E-state index is 0.428. The van der Waals surface area contributed by atoms with Gasteiger partial charge in [0.15, 0.2) is 5.78 Å². The lowest BCUT2D eigenvalue weighted by atomic mass is 10.1. The molecular weight excluding hydrogens is 164 g/mol. The summed E-state index contributed by atoms with van der Waals surface area (Å²) < 4.78 is 0. The molecule has 0 rings (SSSR count). The third kappa shape index (κ3) is 4.19. The minimum atomic E-state index is -1.29. The summed E-state index contributed by atoms with van der Waals surface area (Å²) in [6.07, 6.45) is 0.832. The molecule has 0 aliphatic heterocycles. The first-order valence-electron chi connectivity index (χ1n) is 3.15. The van der Waals surface area contributed by atoms with Crippen LogP contribution in [0, 0.1) is 0 Å². The molecule has 11 heavy (non-hydrogen) atoms. The fraction of sp³-hybridized carbons (Fsp3) is 0.571. The van der Waals surface area contributed by atoms with Crippen LogP contribution < -0.4 is 0 Å². The molecule has 0 spiro atoms. The molecule has 0 amide bonds. The van der Waals surface area contributed by atoms with E-state index < -0.39 is 18.0 Å². The van der Waals surface area contributed by atoms with Crippen molar-refractivity contribution in [3.63, 3.8) is 0 Å². The van der Waals surface area contributed by atoms with Crippen LogP contribution in [-0.4, -0.2) is 34.5 Å². The second-order valence-electron chi connectivity index (χ2n) is 2.11. The molecule has 0 fully saturated rings. The van der Waals surface area contributed by atoms with Crippen molar-refractivity contribution >= 4 is 17.5 Å². The highest BCUT2D eigenvalue weighted by molar-refractivity contribution is 8.01. The molecule has 0 saturated heterocycles. The van der Waals surface area contributed by atoms with Gasteiger partial charge in [-0.05, 0) is 24.7 Å². The van der Waals surface area contributed by atoms with Crippen molar-refractivity contribution in [2.24, 2.45) is 0 Å². The van der Waals surface area contributed by atoms with Gasteiger partial charge in [0.1, 0.15) is 12.2 Å². The third-order valence-corrected chi connectivity index (χ3v) is 1.58. The fourth-order valence-electron chi connectivity index (χ4n) is 0.505. The quantitative estimate of drug-likeness (QED) is 0.641. The number of hydrogen-bond donors (Lipinski definition) is 2. The molecule has 0 unspecified atom stereocenters. The summed E-state index contributed by atoms with van der Waals surface area (Å²) in [6, 6.07) is 0. The Morgan fingerprint density at radius 1 is 1.55 bits per heavy atom. The van der Waals surface area contributed by atoms with Crippen LogP contribution in [0.5, 0.6) is 0 Å². The Hall–Kier alpha value is -0.320. The van der Waals surface area contributed by atoms with E-state index in [9.17, 15) is 4.79 Å². The van der Waals surface area contributed by atoms with Gasteiger partial charge in [-0.3, -0.25) is 4.79 Å². The molecule has 0 aromatic heterocycles. The minimum Gasteiger partial charge on any atom is -0.386 e. The number of rotatable bonds is 4. The van der Waals surface area contributed by atoms with E-state index in [1.165, 1.54) is 24.8 Å². The van der Waals surface area contributed by atoms with Crippen molar-refractivity contribution in [1.29, 1.82) is 0 Å². The summed E-state index contributed by atoms with van der Waals surface area (Å²) in [7, 11) is 0. The summed E-state index contributed by atoms with van der Waals surface area (Å²) in [5.74, 6) is -0.428. The van der Waals surface area contributed by atoms with Crippen LogP contribution in [0.2, 0.25) is 0 Å². The molecular formula is C7H12O3S. The zero-order valence-electron chi connectivity index (χ0n) is 6.52. The smallest absolute Gasteiger partial charge is 0.161 e. The van der Waals surface area contributed by atoms with Crippen molar-refractivity contribution < 1.29 is 15.0 Å². The zero-order valence-corrected chi connectivity index (χ0v) is 7.34. The summed E-state index contributed by atoms with van der Waals surface area (Å²) in [5.41, 5.74) is 0. The summed E-state index contributed by atoms with van der Waals surface area (Å²) in [5, 5.41) is 19.6. The number of carbonyl (C=O) groups is 1. The second kappa shape index (κ2) is 5.35. The third-order valence-electron chi connectivity index (χ3n) is 1.15. The Morgan fingerprint density at radius 3 is 2.45 bits per heavy atom. The SMILES string of the molecule is CSC=C[C@@H](O)[C@@H](O)C(C)=O. The monoisotopic (exact) mass is 176 g/mol. The standard InChI is InChI=1S/C7H12O3S/c1-5(8)7(10)6(9)3-4-11-2/h3-4,6-7,9-10H,1-2H3/t6-,7+/m1/s1. The van der Waals surface area contributed by atoms with Gasteiger partial charge >= 0.3 is 0 Å². The molecule has 0 radical (unpaired) electrons. The average molecular weight is 176 g/mol. The van der Waals surface area contributed by atoms with Crippen LogP contribution in [-0.2, 0) is 4.79 Å². The van der Waals surface area contributed by atoms with Gasteiger partial charge in [0.25, 0.3) is 0 Å². The molecule has 0 aromatic rings. The van der Waals surface area contributed by atoms with Crippen molar-refractivity contribution in [3.05, 3.63) is 11.5 Å². The molecule has 0 bridgehead atoms. The van der Waals surface area contributed by atoms with Crippen LogP contribution in [0.1, 0.15) is 6.92 Å². The summed E-state index contributed by atoms with van der Waals surface area (Å²) in [6.45, 7) is 1.24. The van der Waals surface area contributed by atoms with E-state index in [0.717, 1.165) is 0 Å². The largest absolute Gasteiger partial charge is 0.386 e. The van der Waals surface area contributed by atoms with Gasteiger partial charge in [-0.1, -0.05) is 0 Å². The molecule has 0 aliphatic rings. The van der Waals surface area contributed by atoms with Crippen LogP contribution in [0.15, 0.2) is 11.5 Å². The van der Waals surface area contributed by atoms with E-state index in [1.54, 1.807) is 5.41 Å². The van der Waals surface area contributed by atoms with Crippen LogP contribution in [0.3, 0.4) is 0 Å². The van der Waals surface area contributed by atoms with Gasteiger partial charge in [0, 0.05) is 0 Å². The van der Waals surface area contributed by atoms with Gasteiger partial charge in [-0.25, -0.2) is 0 Å². The Bertz CT molecular complexity index is 156. The first-order chi connectivity index (χ1) is 5.09. The predicted octanol–water partition coefficient (Wildman–Crippen LogP) is 0.174. The van der Waals surface area contributed by atoms with Crippen molar-refractivity contribution in [1.82, 2.24) is 0 Å². The van der Waals surface area contributed by atoms with E-state index in [1.807, 2.05) is 6.26 Å². The molecule has 0 heterocycles. The van der Waals surface area contributed by atoms with E-state index in [2.05, 4.69) is 0 Å². The van der Waals surface area contributed by atoms with Crippen molar-refractivity contribution in [2.45, 2.75) is 19.1 Å². The van der Waals surface area contributed by atoms with E-state index in [0.29, 0.717) is 0 Å². The highest BCUT2D eigenvalue weighted by atomic mass is 32.2. The zero-order chi connectivity index (χ0) is 8.85. The topological polar surface area (TPSA) is 57.5 Å². The number of aliphatic hydroxyl groups excluding tert-OH is 2. The highest BCUT2D eigenvalue weighted by Gasteiger charge is 2.17. The van der Waals surface area contributed by atoms with E-state index in [-0.39, 0.29) is 0 Å². The Morgan fingerprint density at radius 2 is 2.09 bits per heavy atom. The molecule has 4 heteroatoms. The fourth-order valence-corrected chi connectivity index (χ4v) is 0.823. The number of aliphatic hydroxyl groups is 2. The van der Waals surface area contributed by atoms with Crippen LogP contribution in [0.25, 0.3) is 0 Å². The number of carbonyl (C=O) groups excluding carboxylic acids is 1. The Balaban J connectivity index is 3.91. The summed E-state index contributed by atoms with van der Waals surface area (Å²) >= 11 is 1.40. The van der Waals surface area contributed by atoms with E-state index in [4.69, 9.17) is 10.2 Å². The maximum absolute atomic E-state index is 10.5. The van der Waals surface area contributed by atoms with Gasteiger partial charge in [0.2, 0.25) is 0 Å². The van der Waals surface area contributed by atoms with Crippen LogP contribution in [0.4, 0.5) is 0 Å². The molecule has 2 atom stereocenters. The first-order valence-corrected chi connectivity index (χ1v) is 4.44. The average Bonchev–Trinajstić information content (AvgIpc) is 1.98. The van der Waals surface area contributed by atoms with E-state index >= 15 is 0 Å². The predicted molar refractivity (Wildman–Crippen MR) is 45.3 cm³/mol. The van der Waals surface area contributed by atoms with Gasteiger partial charge in [-0.2, -0.15) is 0 Å². The molecule has 0 aliphatic carbocycles. The van der Waals surface area contributed by atoms with Gasteiger partial charge in [0.05, 0.1) is 0 Å². The highest BCUT2D eigenvalue weighted by Crippen LogP contribution is 2.01.